The van der Waals surface area contributed by atoms with Gasteiger partial charge in [-0.1, -0.05) is 48.0 Å². The number of carbonyl (C=O) groups excluding carboxylic acids is 1. The Hall–Kier alpha value is -2.18. The second-order valence-electron chi connectivity index (χ2n) is 7.68. The highest BCUT2D eigenvalue weighted by atomic mass is 35.5. The minimum absolute atomic E-state index is 0.0591. The van der Waals surface area contributed by atoms with Crippen LogP contribution in [0.25, 0.3) is 10.4 Å². The third-order valence-electron chi connectivity index (χ3n) is 5.40. The maximum absolute atomic E-state index is 12.5. The van der Waals surface area contributed by atoms with Gasteiger partial charge in [0.2, 0.25) is 0 Å². The lowest BCUT2D eigenvalue weighted by molar-refractivity contribution is 0.0792. The normalized spacial score (nSPS) is 15.3. The molecule has 1 amide bonds. The molecule has 0 saturated carbocycles. The summed E-state index contributed by atoms with van der Waals surface area (Å²) in [7, 11) is 0. The smallest absolute Gasteiger partial charge is 0.261 e. The topological polar surface area (TPSA) is 52.6 Å². The van der Waals surface area contributed by atoms with Gasteiger partial charge in [0.15, 0.2) is 0 Å². The van der Waals surface area contributed by atoms with Crippen LogP contribution >= 0.6 is 22.9 Å². The minimum atomic E-state index is -0.141. The van der Waals surface area contributed by atoms with Crippen molar-refractivity contribution in [1.29, 1.82) is 0 Å². The molecule has 1 aliphatic rings. The highest BCUT2D eigenvalue weighted by molar-refractivity contribution is 7.17. The number of hydrogen-bond donors (Lipinski definition) is 2. The Morgan fingerprint density at radius 3 is 2.37 bits per heavy atom. The van der Waals surface area contributed by atoms with Crippen molar-refractivity contribution >= 4 is 28.8 Å². The molecule has 4 nitrogen and oxygen atoms in total. The summed E-state index contributed by atoms with van der Waals surface area (Å²) >= 11 is 7.42. The lowest BCUT2D eigenvalue weighted by Crippen LogP contribution is -2.35. The quantitative estimate of drug-likeness (QED) is 0.569. The van der Waals surface area contributed by atoms with E-state index < -0.39 is 0 Å². The molecule has 3 aromatic rings. The first-order valence-corrected chi connectivity index (χ1v) is 11.4. The van der Waals surface area contributed by atoms with Crippen LogP contribution in [0.3, 0.4) is 0 Å². The number of aliphatic hydroxyl groups is 1. The van der Waals surface area contributed by atoms with Crippen molar-refractivity contribution in [3.05, 3.63) is 81.7 Å². The van der Waals surface area contributed by atoms with Crippen LogP contribution in [0.5, 0.6) is 0 Å². The fourth-order valence-corrected chi connectivity index (χ4v) is 4.65. The highest BCUT2D eigenvalue weighted by Gasteiger charge is 2.16. The molecule has 6 heteroatoms. The maximum Gasteiger partial charge on any atom is 0.261 e. The molecule has 1 saturated heterocycles. The molecular formula is C24H25ClN2O2S. The Balaban J connectivity index is 1.29. The van der Waals surface area contributed by atoms with E-state index in [-0.39, 0.29) is 12.0 Å². The van der Waals surface area contributed by atoms with E-state index in [4.69, 9.17) is 11.6 Å². The van der Waals surface area contributed by atoms with Crippen LogP contribution < -0.4 is 5.32 Å². The number of amides is 1. The first kappa shape index (κ1) is 21.1. The average molecular weight is 441 g/mol. The zero-order valence-corrected chi connectivity index (χ0v) is 18.3. The Labute approximate surface area is 186 Å². The van der Waals surface area contributed by atoms with Gasteiger partial charge >= 0.3 is 0 Å². The highest BCUT2D eigenvalue weighted by Crippen LogP contribution is 2.29. The molecule has 2 N–H and O–H groups in total. The molecule has 2 heterocycles. The number of nitrogens with one attached hydrogen (secondary N) is 1. The summed E-state index contributed by atoms with van der Waals surface area (Å²) in [6.45, 7) is 3.29. The van der Waals surface area contributed by atoms with Gasteiger partial charge < -0.3 is 10.4 Å². The molecule has 0 radical (unpaired) electrons. The summed E-state index contributed by atoms with van der Waals surface area (Å²) in [5.41, 5.74) is 3.39. The van der Waals surface area contributed by atoms with Crippen molar-refractivity contribution in [2.24, 2.45) is 0 Å². The van der Waals surface area contributed by atoms with Gasteiger partial charge in [-0.3, -0.25) is 9.69 Å². The molecule has 0 bridgehead atoms. The predicted molar refractivity (Wildman–Crippen MR) is 123 cm³/mol. The average Bonchev–Trinajstić information content (AvgIpc) is 3.25. The summed E-state index contributed by atoms with van der Waals surface area (Å²) in [6, 6.07) is 19.9. The van der Waals surface area contributed by atoms with Crippen molar-refractivity contribution in [2.45, 2.75) is 32.0 Å². The second kappa shape index (κ2) is 9.75. The van der Waals surface area contributed by atoms with Crippen molar-refractivity contribution in [3.63, 3.8) is 0 Å². The lowest BCUT2D eigenvalue weighted by Gasteiger charge is -2.29. The van der Waals surface area contributed by atoms with Crippen LogP contribution in [0.1, 0.15) is 33.6 Å². The summed E-state index contributed by atoms with van der Waals surface area (Å²) in [5, 5.41) is 13.3. The lowest BCUT2D eigenvalue weighted by atomic mass is 10.1. The summed E-state index contributed by atoms with van der Waals surface area (Å²) in [4.78, 5) is 16.6. The number of thiophene rings is 1. The number of carbonyl (C=O) groups is 1. The molecule has 0 atom stereocenters. The number of halogens is 1. The van der Waals surface area contributed by atoms with Crippen LogP contribution in [0.4, 0.5) is 0 Å². The molecule has 156 valence electrons. The van der Waals surface area contributed by atoms with Gasteiger partial charge in [0.25, 0.3) is 5.91 Å². The Morgan fingerprint density at radius 2 is 1.67 bits per heavy atom. The fourth-order valence-electron chi connectivity index (χ4n) is 3.60. The molecule has 30 heavy (non-hydrogen) atoms. The number of aliphatic hydroxyl groups excluding tert-OH is 1. The molecule has 4 rings (SSSR count). The van der Waals surface area contributed by atoms with Crippen molar-refractivity contribution in [2.75, 3.05) is 13.1 Å². The van der Waals surface area contributed by atoms with Crippen molar-refractivity contribution in [1.82, 2.24) is 10.2 Å². The SMILES string of the molecule is O=C(NCc1ccc(CN2CCC(O)CC2)cc1)c1ccc(-c2ccc(Cl)cc2)s1. The number of rotatable bonds is 6. The summed E-state index contributed by atoms with van der Waals surface area (Å²) < 4.78 is 0. The minimum Gasteiger partial charge on any atom is -0.393 e. The molecule has 1 aromatic heterocycles. The third kappa shape index (κ3) is 5.49. The molecule has 1 aliphatic heterocycles. The molecule has 0 aliphatic carbocycles. The largest absolute Gasteiger partial charge is 0.393 e. The summed E-state index contributed by atoms with van der Waals surface area (Å²) in [5.74, 6) is -0.0591. The predicted octanol–water partition coefficient (Wildman–Crippen LogP) is 4.96. The monoisotopic (exact) mass is 440 g/mol. The standard InChI is InChI=1S/C24H25ClN2O2S/c25-20-7-5-19(6-8-20)22-9-10-23(30-22)24(29)26-15-17-1-3-18(4-2-17)16-27-13-11-21(28)12-14-27/h1-10,21,28H,11-16H2,(H,26,29). The maximum atomic E-state index is 12.5. The fraction of sp³-hybridized carbons (Fsp3) is 0.292. The van der Waals surface area contributed by atoms with E-state index in [1.165, 1.54) is 16.9 Å². The molecular weight excluding hydrogens is 416 g/mol. The number of piperidine rings is 1. The van der Waals surface area contributed by atoms with Crippen molar-refractivity contribution in [3.8, 4) is 10.4 Å². The van der Waals surface area contributed by atoms with Gasteiger partial charge in [-0.25, -0.2) is 0 Å². The van der Waals surface area contributed by atoms with Crippen LogP contribution in [-0.2, 0) is 13.1 Å². The number of nitrogens with zero attached hydrogens (tertiary/aromatic N) is 1. The number of likely N-dealkylation sites (tertiary alicyclic amines) is 1. The van der Waals surface area contributed by atoms with E-state index in [2.05, 4.69) is 34.5 Å². The van der Waals surface area contributed by atoms with Gasteiger partial charge in [0.1, 0.15) is 0 Å². The van der Waals surface area contributed by atoms with Crippen LogP contribution in [0.2, 0.25) is 5.02 Å². The Morgan fingerprint density at radius 1 is 1.00 bits per heavy atom. The first-order valence-electron chi connectivity index (χ1n) is 10.2. The molecule has 2 aromatic carbocycles. The number of benzene rings is 2. The van der Waals surface area contributed by atoms with E-state index in [1.54, 1.807) is 0 Å². The Kier molecular flexibility index (Phi) is 6.85. The van der Waals surface area contributed by atoms with Crippen LogP contribution in [-0.4, -0.2) is 35.1 Å². The van der Waals surface area contributed by atoms with E-state index in [0.717, 1.165) is 48.5 Å². The van der Waals surface area contributed by atoms with Crippen LogP contribution in [0, 0.1) is 0 Å². The zero-order chi connectivity index (χ0) is 20.9. The third-order valence-corrected chi connectivity index (χ3v) is 6.78. The van der Waals surface area contributed by atoms with Crippen molar-refractivity contribution < 1.29 is 9.90 Å². The first-order chi connectivity index (χ1) is 14.6. The van der Waals surface area contributed by atoms with Gasteiger partial charge in [-0.05, 0) is 53.8 Å². The van der Waals surface area contributed by atoms with E-state index in [0.29, 0.717) is 16.4 Å². The zero-order valence-electron chi connectivity index (χ0n) is 16.7. The Bertz CT molecular complexity index is 977. The van der Waals surface area contributed by atoms with Crippen LogP contribution in [0.15, 0.2) is 60.7 Å². The summed E-state index contributed by atoms with van der Waals surface area (Å²) in [6.07, 6.45) is 1.57. The molecule has 0 unspecified atom stereocenters. The van der Waals surface area contributed by atoms with Gasteiger partial charge in [-0.15, -0.1) is 11.3 Å². The number of hydrogen-bond acceptors (Lipinski definition) is 4. The van der Waals surface area contributed by atoms with E-state index in [1.807, 2.05) is 36.4 Å². The van der Waals surface area contributed by atoms with Gasteiger partial charge in [0, 0.05) is 36.1 Å². The van der Waals surface area contributed by atoms with Gasteiger partial charge in [0.05, 0.1) is 11.0 Å². The second-order valence-corrected chi connectivity index (χ2v) is 9.20. The molecule has 1 fully saturated rings. The molecule has 0 spiro atoms. The van der Waals surface area contributed by atoms with E-state index >= 15 is 0 Å². The van der Waals surface area contributed by atoms with Gasteiger partial charge in [-0.2, -0.15) is 0 Å². The van der Waals surface area contributed by atoms with E-state index in [9.17, 15) is 9.90 Å².